The topological polar surface area (TPSA) is 107 Å². The summed E-state index contributed by atoms with van der Waals surface area (Å²) in [5.74, 6) is 0.317. The summed E-state index contributed by atoms with van der Waals surface area (Å²) in [5.41, 5.74) is 12.5. The van der Waals surface area contributed by atoms with Crippen LogP contribution >= 0.6 is 11.5 Å². The van der Waals surface area contributed by atoms with E-state index in [2.05, 4.69) is 14.7 Å². The van der Waals surface area contributed by atoms with Gasteiger partial charge < -0.3 is 11.5 Å². The molecule has 6 nitrogen and oxygen atoms in total. The zero-order chi connectivity index (χ0) is 12.4. The van der Waals surface area contributed by atoms with E-state index in [1.807, 2.05) is 0 Å². The summed E-state index contributed by atoms with van der Waals surface area (Å²) >= 11 is 1.13. The van der Waals surface area contributed by atoms with E-state index in [1.165, 1.54) is 0 Å². The van der Waals surface area contributed by atoms with Crippen molar-refractivity contribution < 1.29 is 4.79 Å². The molecular weight excluding hydrogens is 238 g/mol. The quantitative estimate of drug-likeness (QED) is 0.694. The van der Waals surface area contributed by atoms with Crippen LogP contribution in [-0.4, -0.2) is 15.3 Å². The van der Waals surface area contributed by atoms with Crippen LogP contribution in [0.25, 0.3) is 0 Å². The van der Waals surface area contributed by atoms with Crippen molar-refractivity contribution in [1.82, 2.24) is 9.36 Å². The van der Waals surface area contributed by atoms with E-state index in [0.717, 1.165) is 11.5 Å². The van der Waals surface area contributed by atoms with Crippen molar-refractivity contribution in [2.24, 2.45) is 0 Å². The largest absolute Gasteiger partial charge is 0.399 e. The first-order chi connectivity index (χ1) is 8.04. The molecule has 1 aromatic heterocycles. The van der Waals surface area contributed by atoms with Gasteiger partial charge in [-0.05, 0) is 25.1 Å². The fourth-order valence-electron chi connectivity index (χ4n) is 1.32. The number of rotatable bonds is 2. The van der Waals surface area contributed by atoms with E-state index in [4.69, 9.17) is 11.5 Å². The summed E-state index contributed by atoms with van der Waals surface area (Å²) in [6.07, 6.45) is 0. The molecule has 1 aromatic carbocycles. The van der Waals surface area contributed by atoms with Gasteiger partial charge in [-0.15, -0.1) is 0 Å². The van der Waals surface area contributed by atoms with Gasteiger partial charge in [0.15, 0.2) is 0 Å². The predicted octanol–water partition coefficient (Wildman–Crippen LogP) is 1.26. The Morgan fingerprint density at radius 2 is 1.94 bits per heavy atom. The SMILES string of the molecule is Cc1nsc(NC(=O)c2cc(N)cc(N)c2)n1. The fourth-order valence-corrected chi connectivity index (χ4v) is 1.90. The predicted molar refractivity (Wildman–Crippen MR) is 67.9 cm³/mol. The zero-order valence-corrected chi connectivity index (χ0v) is 9.91. The Balaban J connectivity index is 2.19. The van der Waals surface area contributed by atoms with Crippen LogP contribution in [0.3, 0.4) is 0 Å². The minimum absolute atomic E-state index is 0.305. The third-order valence-electron chi connectivity index (χ3n) is 1.99. The van der Waals surface area contributed by atoms with Crippen LogP contribution in [0.4, 0.5) is 16.5 Å². The van der Waals surface area contributed by atoms with Crippen molar-refractivity contribution in [2.75, 3.05) is 16.8 Å². The first kappa shape index (κ1) is 11.3. The van der Waals surface area contributed by atoms with Gasteiger partial charge in [-0.1, -0.05) is 0 Å². The van der Waals surface area contributed by atoms with E-state index in [1.54, 1.807) is 25.1 Å². The Morgan fingerprint density at radius 3 is 2.47 bits per heavy atom. The molecule has 0 saturated carbocycles. The highest BCUT2D eigenvalue weighted by Crippen LogP contribution is 2.16. The van der Waals surface area contributed by atoms with E-state index < -0.39 is 0 Å². The van der Waals surface area contributed by atoms with Crippen LogP contribution < -0.4 is 16.8 Å². The van der Waals surface area contributed by atoms with Gasteiger partial charge in [0.2, 0.25) is 5.13 Å². The van der Waals surface area contributed by atoms with Gasteiger partial charge >= 0.3 is 0 Å². The van der Waals surface area contributed by atoms with Crippen molar-refractivity contribution in [2.45, 2.75) is 6.92 Å². The number of aromatic nitrogens is 2. The van der Waals surface area contributed by atoms with E-state index in [9.17, 15) is 4.79 Å². The highest BCUT2D eigenvalue weighted by atomic mass is 32.1. The van der Waals surface area contributed by atoms with Crippen LogP contribution in [0.15, 0.2) is 18.2 Å². The summed E-state index contributed by atoms with van der Waals surface area (Å²) < 4.78 is 3.96. The van der Waals surface area contributed by atoms with Crippen molar-refractivity contribution in [3.05, 3.63) is 29.6 Å². The second-order valence-corrected chi connectivity index (χ2v) is 4.24. The minimum Gasteiger partial charge on any atom is -0.399 e. The molecule has 0 unspecified atom stereocenters. The number of aryl methyl sites for hydroxylation is 1. The number of nitrogens with one attached hydrogen (secondary N) is 1. The molecule has 88 valence electrons. The Kier molecular flexibility index (Phi) is 2.92. The summed E-state index contributed by atoms with van der Waals surface area (Å²) in [6.45, 7) is 1.75. The van der Waals surface area contributed by atoms with Gasteiger partial charge in [0, 0.05) is 28.5 Å². The molecule has 1 amide bonds. The second kappa shape index (κ2) is 4.38. The van der Waals surface area contributed by atoms with Gasteiger partial charge in [0.25, 0.3) is 5.91 Å². The standard InChI is InChI=1S/C10H11N5OS/c1-5-13-10(17-15-5)14-9(16)6-2-7(11)4-8(12)3-6/h2-4H,11-12H2,1H3,(H,13,14,15,16). The van der Waals surface area contributed by atoms with Crippen LogP contribution in [-0.2, 0) is 0 Å². The maximum atomic E-state index is 11.8. The number of hydrogen-bond donors (Lipinski definition) is 3. The molecular formula is C10H11N5OS. The lowest BCUT2D eigenvalue weighted by atomic mass is 10.1. The third kappa shape index (κ3) is 2.70. The number of nitrogens with zero attached hydrogens (tertiary/aromatic N) is 2. The molecule has 5 N–H and O–H groups in total. The van der Waals surface area contributed by atoms with Crippen LogP contribution in [0.1, 0.15) is 16.2 Å². The number of carbonyl (C=O) groups is 1. The first-order valence-electron chi connectivity index (χ1n) is 4.82. The molecule has 2 aromatic rings. The summed E-state index contributed by atoms with van der Waals surface area (Å²) in [5, 5.41) is 3.08. The fraction of sp³-hybridized carbons (Fsp3) is 0.100. The average Bonchev–Trinajstić information content (AvgIpc) is 2.62. The first-order valence-corrected chi connectivity index (χ1v) is 5.59. The lowest BCUT2D eigenvalue weighted by Gasteiger charge is -2.04. The highest BCUT2D eigenvalue weighted by molar-refractivity contribution is 7.09. The molecule has 7 heteroatoms. The number of hydrogen-bond acceptors (Lipinski definition) is 6. The van der Waals surface area contributed by atoms with Gasteiger partial charge in [-0.2, -0.15) is 4.37 Å². The molecule has 0 saturated heterocycles. The van der Waals surface area contributed by atoms with Crippen LogP contribution in [0.2, 0.25) is 0 Å². The summed E-state index contributed by atoms with van der Waals surface area (Å²) in [7, 11) is 0. The van der Waals surface area contributed by atoms with Crippen molar-refractivity contribution in [3.63, 3.8) is 0 Å². The number of nitrogens with two attached hydrogens (primary N) is 2. The molecule has 1 heterocycles. The Morgan fingerprint density at radius 1 is 1.29 bits per heavy atom. The summed E-state index contributed by atoms with van der Waals surface area (Å²) in [6, 6.07) is 4.70. The molecule has 0 aliphatic rings. The lowest BCUT2D eigenvalue weighted by molar-refractivity contribution is 0.102. The molecule has 0 fully saturated rings. The number of anilines is 3. The number of nitrogen functional groups attached to an aromatic ring is 2. The van der Waals surface area contributed by atoms with Gasteiger partial charge in [0.05, 0.1) is 0 Å². The Bertz CT molecular complexity index is 545. The smallest absolute Gasteiger partial charge is 0.257 e. The van der Waals surface area contributed by atoms with Crippen LogP contribution in [0, 0.1) is 6.92 Å². The number of amides is 1. The van der Waals surface area contributed by atoms with Gasteiger partial charge in [-0.25, -0.2) is 4.98 Å². The van der Waals surface area contributed by atoms with Crippen molar-refractivity contribution >= 4 is 33.9 Å². The zero-order valence-electron chi connectivity index (χ0n) is 9.10. The third-order valence-corrected chi connectivity index (χ3v) is 2.71. The average molecular weight is 249 g/mol. The van der Waals surface area contributed by atoms with E-state index in [-0.39, 0.29) is 5.91 Å². The second-order valence-electron chi connectivity index (χ2n) is 3.49. The molecule has 0 bridgehead atoms. The van der Waals surface area contributed by atoms with E-state index >= 15 is 0 Å². The lowest BCUT2D eigenvalue weighted by Crippen LogP contribution is -2.12. The molecule has 17 heavy (non-hydrogen) atoms. The monoisotopic (exact) mass is 249 g/mol. The minimum atomic E-state index is -0.305. The summed E-state index contributed by atoms with van der Waals surface area (Å²) in [4.78, 5) is 15.9. The van der Waals surface area contributed by atoms with E-state index in [0.29, 0.717) is 27.9 Å². The Hall–Kier alpha value is -2.15. The highest BCUT2D eigenvalue weighted by Gasteiger charge is 2.10. The van der Waals surface area contributed by atoms with Crippen molar-refractivity contribution in [3.8, 4) is 0 Å². The maximum Gasteiger partial charge on any atom is 0.257 e. The molecule has 0 spiro atoms. The molecule has 0 radical (unpaired) electrons. The molecule has 0 aliphatic carbocycles. The Labute approximate surface area is 102 Å². The maximum absolute atomic E-state index is 11.8. The molecule has 2 rings (SSSR count). The molecule has 0 atom stereocenters. The van der Waals surface area contributed by atoms with Crippen molar-refractivity contribution in [1.29, 1.82) is 0 Å². The molecule has 0 aliphatic heterocycles. The van der Waals surface area contributed by atoms with Crippen LogP contribution in [0.5, 0.6) is 0 Å². The number of carbonyl (C=O) groups excluding carboxylic acids is 1. The number of benzene rings is 1. The van der Waals surface area contributed by atoms with Gasteiger partial charge in [-0.3, -0.25) is 10.1 Å². The normalized spacial score (nSPS) is 10.2. The van der Waals surface area contributed by atoms with Gasteiger partial charge in [0.1, 0.15) is 5.82 Å².